The molecule has 0 saturated heterocycles. The quantitative estimate of drug-likeness (QED) is 0.231. The van der Waals surface area contributed by atoms with Gasteiger partial charge in [0.1, 0.15) is 0 Å². The van der Waals surface area contributed by atoms with E-state index in [9.17, 15) is 0 Å². The van der Waals surface area contributed by atoms with E-state index in [1.165, 1.54) is 7.11 Å². The summed E-state index contributed by atoms with van der Waals surface area (Å²) in [5.74, 6) is 0. The van der Waals surface area contributed by atoms with Crippen LogP contribution in [-0.2, 0) is 4.74 Å². The summed E-state index contributed by atoms with van der Waals surface area (Å²) in [5, 5.41) is 0. The first-order valence-electron chi connectivity index (χ1n) is 1.04. The van der Waals surface area contributed by atoms with Crippen LogP contribution in [0.3, 0.4) is 0 Å². The third kappa shape index (κ3) is 8.97. The van der Waals surface area contributed by atoms with Gasteiger partial charge in [-0.25, -0.2) is 0 Å². The zero-order chi connectivity index (χ0) is 4.28. The third-order valence-corrected chi connectivity index (χ3v) is 0.524. The van der Waals surface area contributed by atoms with Gasteiger partial charge >= 0.3 is 29.6 Å². The van der Waals surface area contributed by atoms with Crippen LogP contribution in [-0.4, -0.2) is 11.5 Å². The molecule has 0 N–H and O–H groups in total. The maximum Gasteiger partial charge on any atom is 1.00 e. The van der Waals surface area contributed by atoms with Crippen LogP contribution in [0, 0.1) is 0 Å². The van der Waals surface area contributed by atoms with Gasteiger partial charge in [0.15, 0.2) is 0 Å². The minimum Gasteiger partial charge on any atom is -1.00 e. The number of thiol groups is 1. The van der Waals surface area contributed by atoms with Gasteiger partial charge in [-0.2, -0.15) is 0 Å². The van der Waals surface area contributed by atoms with E-state index in [0.717, 1.165) is 0 Å². The van der Waals surface area contributed by atoms with Crippen LogP contribution < -0.4 is 29.6 Å². The Labute approximate surface area is 71.6 Å². The number of hydrogen-bond acceptors (Lipinski definition) is 2. The van der Waals surface area contributed by atoms with Crippen LogP contribution in [0.1, 0.15) is 1.43 Å². The molecular formula is C2H5NaOS2. The Hall–Kier alpha value is 1.24. The molecule has 0 aliphatic heterocycles. The Balaban J connectivity index is -0.0000000800. The van der Waals surface area contributed by atoms with Crippen LogP contribution in [0.4, 0.5) is 0 Å². The van der Waals surface area contributed by atoms with E-state index < -0.39 is 0 Å². The van der Waals surface area contributed by atoms with Gasteiger partial charge in [-0.3, -0.25) is 0 Å². The monoisotopic (exact) mass is 132 g/mol. The molecule has 6 heavy (non-hydrogen) atoms. The van der Waals surface area contributed by atoms with Crippen LogP contribution in [0.15, 0.2) is 0 Å². The minimum atomic E-state index is 0. The molecule has 0 aliphatic carbocycles. The van der Waals surface area contributed by atoms with Gasteiger partial charge in [-0.15, -0.1) is 0 Å². The van der Waals surface area contributed by atoms with Crippen molar-refractivity contribution in [1.82, 2.24) is 0 Å². The summed E-state index contributed by atoms with van der Waals surface area (Å²) in [4.78, 5) is 0. The molecular weight excluding hydrogens is 127 g/mol. The molecule has 0 unspecified atom stereocenters. The molecule has 0 spiro atoms. The summed E-state index contributed by atoms with van der Waals surface area (Å²) >= 11 is 7.95. The van der Waals surface area contributed by atoms with Gasteiger partial charge in [0.2, 0.25) is 4.38 Å². The first-order chi connectivity index (χ1) is 2.27. The number of methoxy groups -OCH3 is 1. The van der Waals surface area contributed by atoms with E-state index >= 15 is 0 Å². The molecule has 0 atom stereocenters. The molecule has 1 nitrogen and oxygen atoms in total. The molecule has 0 aromatic rings. The molecule has 0 aromatic heterocycles. The summed E-state index contributed by atoms with van der Waals surface area (Å²) in [7, 11) is 1.48. The van der Waals surface area contributed by atoms with Crippen molar-refractivity contribution in [3.05, 3.63) is 0 Å². The molecule has 0 heterocycles. The fourth-order valence-corrected chi connectivity index (χ4v) is 0. The third-order valence-electron chi connectivity index (χ3n) is 0.175. The minimum absolute atomic E-state index is 0. The molecule has 0 rings (SSSR count). The molecule has 32 valence electrons. The largest absolute Gasteiger partial charge is 1.00 e. The second-order valence-electron chi connectivity index (χ2n) is 0.470. The number of hydrogen-bond donors (Lipinski definition) is 1. The zero-order valence-electron chi connectivity index (χ0n) is 4.76. The van der Waals surface area contributed by atoms with Crippen LogP contribution in [0.5, 0.6) is 0 Å². The van der Waals surface area contributed by atoms with Crippen molar-refractivity contribution >= 4 is 29.2 Å². The maximum atomic E-state index is 4.35. The Bertz CT molecular complexity index is 51.0. The first kappa shape index (κ1) is 10.3. The topological polar surface area (TPSA) is 9.23 Å². The Kier molecular flexibility index (Phi) is 10.7. The second kappa shape index (κ2) is 6.24. The van der Waals surface area contributed by atoms with Crippen molar-refractivity contribution in [1.29, 1.82) is 0 Å². The molecule has 0 amide bonds. The van der Waals surface area contributed by atoms with Crippen molar-refractivity contribution in [3.63, 3.8) is 0 Å². The fraction of sp³-hybridized carbons (Fsp3) is 0.500. The predicted octanol–water partition coefficient (Wildman–Crippen LogP) is -2.04. The molecule has 0 fully saturated rings. The summed E-state index contributed by atoms with van der Waals surface area (Å²) < 4.78 is 4.63. The summed E-state index contributed by atoms with van der Waals surface area (Å²) in [5.41, 5.74) is 0. The van der Waals surface area contributed by atoms with E-state index in [1.807, 2.05) is 0 Å². The number of ether oxygens (including phenoxy) is 1. The number of thiocarbonyl (C=S) groups is 1. The van der Waals surface area contributed by atoms with Crippen molar-refractivity contribution in [2.75, 3.05) is 7.11 Å². The Morgan fingerprint density at radius 3 is 2.17 bits per heavy atom. The van der Waals surface area contributed by atoms with Crippen LogP contribution in [0.25, 0.3) is 0 Å². The van der Waals surface area contributed by atoms with Gasteiger partial charge in [-0.1, -0.05) is 12.6 Å². The van der Waals surface area contributed by atoms with E-state index in [1.54, 1.807) is 0 Å². The molecule has 0 radical (unpaired) electrons. The van der Waals surface area contributed by atoms with Gasteiger partial charge in [-0.05, 0) is 12.2 Å². The summed E-state index contributed by atoms with van der Waals surface area (Å²) in [6, 6.07) is 0. The van der Waals surface area contributed by atoms with Crippen molar-refractivity contribution in [2.45, 2.75) is 0 Å². The van der Waals surface area contributed by atoms with E-state index in [0.29, 0.717) is 0 Å². The average Bonchev–Trinajstić information content (AvgIpc) is 1.38. The Morgan fingerprint density at radius 2 is 2.17 bits per heavy atom. The predicted molar refractivity (Wildman–Crippen MR) is 29.7 cm³/mol. The molecule has 0 saturated carbocycles. The number of rotatable bonds is 0. The van der Waals surface area contributed by atoms with Crippen LogP contribution >= 0.6 is 24.8 Å². The van der Waals surface area contributed by atoms with Gasteiger partial charge < -0.3 is 6.16 Å². The average molecular weight is 132 g/mol. The van der Waals surface area contributed by atoms with E-state index in [-0.39, 0.29) is 35.4 Å². The SMILES string of the molecule is COC(=S)S.[H-].[Na+]. The second-order valence-corrected chi connectivity index (χ2v) is 1.55. The maximum absolute atomic E-state index is 4.35. The van der Waals surface area contributed by atoms with Crippen molar-refractivity contribution < 1.29 is 35.7 Å². The van der Waals surface area contributed by atoms with E-state index in [2.05, 4.69) is 29.6 Å². The zero-order valence-corrected chi connectivity index (χ0v) is 7.47. The smallest absolute Gasteiger partial charge is 1.00 e. The normalized spacial score (nSPS) is 5.67. The molecule has 0 bridgehead atoms. The fourth-order valence-electron chi connectivity index (χ4n) is 0. The van der Waals surface area contributed by atoms with Crippen LogP contribution in [0.2, 0.25) is 0 Å². The van der Waals surface area contributed by atoms with Crippen molar-refractivity contribution in [3.8, 4) is 0 Å². The summed E-state index contributed by atoms with van der Waals surface area (Å²) in [6.45, 7) is 0. The molecule has 0 aliphatic rings. The van der Waals surface area contributed by atoms with E-state index in [4.69, 9.17) is 0 Å². The van der Waals surface area contributed by atoms with Gasteiger partial charge in [0, 0.05) is 0 Å². The molecule has 0 aromatic carbocycles. The van der Waals surface area contributed by atoms with Crippen molar-refractivity contribution in [2.24, 2.45) is 0 Å². The molecule has 4 heteroatoms. The van der Waals surface area contributed by atoms with Gasteiger partial charge in [0.25, 0.3) is 0 Å². The standard InChI is InChI=1S/C2H4OS2.Na.H/c1-3-2(4)5;;/h1H3,(H,4,5);;/q;+1;-1. The van der Waals surface area contributed by atoms with Gasteiger partial charge in [0.05, 0.1) is 7.11 Å². The Morgan fingerprint density at radius 1 is 2.00 bits per heavy atom. The summed E-state index contributed by atoms with van der Waals surface area (Å²) in [6.07, 6.45) is 0. The first-order valence-corrected chi connectivity index (χ1v) is 1.90.